The molecule has 4 nitrogen and oxygen atoms in total. The van der Waals surface area contributed by atoms with Crippen LogP contribution in [-0.2, 0) is 10.4 Å². The van der Waals surface area contributed by atoms with Gasteiger partial charge in [-0.25, -0.2) is 0 Å². The van der Waals surface area contributed by atoms with Gasteiger partial charge in [-0.15, -0.1) is 0 Å². The number of nitrogens with zero attached hydrogens (tertiary/aromatic N) is 2. The normalized spacial score (nSPS) is 13.9. The lowest BCUT2D eigenvalue weighted by atomic mass is 10.1. The molecule has 1 aromatic rings. The summed E-state index contributed by atoms with van der Waals surface area (Å²) in [6.07, 6.45) is 0.711. The zero-order valence-electron chi connectivity index (χ0n) is 10.6. The summed E-state index contributed by atoms with van der Waals surface area (Å²) < 4.78 is 1.70. The minimum Gasteiger partial charge on any atom is -0.384 e. The number of aliphatic hydroxyl groups is 1. The molecule has 1 atom stereocenters. The maximum absolute atomic E-state index is 11.5. The van der Waals surface area contributed by atoms with E-state index in [4.69, 9.17) is 0 Å². The fourth-order valence-electron chi connectivity index (χ4n) is 1.73. The van der Waals surface area contributed by atoms with Crippen molar-refractivity contribution >= 4 is 5.78 Å². The number of hydrogen-bond donors (Lipinski definition) is 1. The molecule has 4 heteroatoms. The Hall–Kier alpha value is -1.16. The number of ketones is 1. The van der Waals surface area contributed by atoms with Crippen molar-refractivity contribution < 1.29 is 9.90 Å². The number of aryl methyl sites for hydroxylation is 1. The second-order valence-electron chi connectivity index (χ2n) is 4.71. The molecule has 0 amide bonds. The third-order valence-electron chi connectivity index (χ3n) is 2.70. The molecule has 0 saturated carbocycles. The first-order valence-corrected chi connectivity index (χ1v) is 5.56. The molecule has 0 radical (unpaired) electrons. The van der Waals surface area contributed by atoms with Crippen LogP contribution in [-0.4, -0.2) is 20.7 Å². The first-order valence-electron chi connectivity index (χ1n) is 5.56. The molecule has 1 heterocycles. The van der Waals surface area contributed by atoms with Gasteiger partial charge in [0.25, 0.3) is 0 Å². The Balaban J connectivity index is 3.15. The first-order chi connectivity index (χ1) is 7.27. The van der Waals surface area contributed by atoms with E-state index in [2.05, 4.69) is 5.10 Å². The number of carbonyl (C=O) groups is 1. The molecular weight excluding hydrogens is 204 g/mol. The topological polar surface area (TPSA) is 55.1 Å². The number of hydrogen-bond acceptors (Lipinski definition) is 3. The first kappa shape index (κ1) is 12.9. The lowest BCUT2D eigenvalue weighted by Gasteiger charge is -2.16. The Morgan fingerprint density at radius 2 is 2.19 bits per heavy atom. The van der Waals surface area contributed by atoms with E-state index < -0.39 is 5.60 Å². The Morgan fingerprint density at radius 3 is 2.50 bits per heavy atom. The van der Waals surface area contributed by atoms with Crippen molar-refractivity contribution in [1.29, 1.82) is 0 Å². The summed E-state index contributed by atoms with van der Waals surface area (Å²) in [5, 5.41) is 14.2. The number of aromatic nitrogens is 2. The number of rotatable bonds is 4. The highest BCUT2D eigenvalue weighted by Gasteiger charge is 2.24. The predicted octanol–water partition coefficient (Wildman–Crippen LogP) is 1.96. The molecule has 1 N–H and O–H groups in total. The van der Waals surface area contributed by atoms with E-state index in [-0.39, 0.29) is 11.8 Å². The Kier molecular flexibility index (Phi) is 3.53. The third-order valence-corrected chi connectivity index (χ3v) is 2.70. The minimum absolute atomic E-state index is 0.0935. The quantitative estimate of drug-likeness (QED) is 0.850. The molecule has 0 aliphatic carbocycles. The average molecular weight is 224 g/mol. The minimum atomic E-state index is -0.967. The molecule has 90 valence electrons. The smallest absolute Gasteiger partial charge is 0.154 e. The van der Waals surface area contributed by atoms with Crippen molar-refractivity contribution in [1.82, 2.24) is 9.78 Å². The van der Waals surface area contributed by atoms with Gasteiger partial charge in [-0.3, -0.25) is 9.48 Å². The van der Waals surface area contributed by atoms with E-state index in [1.807, 2.05) is 19.9 Å². The average Bonchev–Trinajstić information content (AvgIpc) is 2.48. The molecule has 0 aliphatic rings. The summed E-state index contributed by atoms with van der Waals surface area (Å²) >= 11 is 0. The fourth-order valence-corrected chi connectivity index (χ4v) is 1.73. The highest BCUT2D eigenvalue weighted by atomic mass is 16.3. The summed E-state index contributed by atoms with van der Waals surface area (Å²) in [4.78, 5) is 11.5. The lowest BCUT2D eigenvalue weighted by Crippen LogP contribution is -2.21. The highest BCUT2D eigenvalue weighted by Crippen LogP contribution is 2.22. The zero-order valence-corrected chi connectivity index (χ0v) is 10.6. The van der Waals surface area contributed by atoms with Gasteiger partial charge in [-0.2, -0.15) is 5.10 Å². The lowest BCUT2D eigenvalue weighted by molar-refractivity contribution is -0.120. The molecule has 1 unspecified atom stereocenters. The van der Waals surface area contributed by atoms with Gasteiger partial charge in [-0.1, -0.05) is 6.92 Å². The van der Waals surface area contributed by atoms with E-state index in [0.29, 0.717) is 12.1 Å². The predicted molar refractivity (Wildman–Crippen MR) is 62.2 cm³/mol. The summed E-state index contributed by atoms with van der Waals surface area (Å²) in [6.45, 7) is 8.80. The van der Waals surface area contributed by atoms with Gasteiger partial charge in [0.05, 0.1) is 5.69 Å². The van der Waals surface area contributed by atoms with Gasteiger partial charge in [0.2, 0.25) is 0 Å². The SMILES string of the molecule is CCC(C(C)=O)n1nc(C(C)(C)O)cc1C. The van der Waals surface area contributed by atoms with Crippen molar-refractivity contribution in [3.8, 4) is 0 Å². The van der Waals surface area contributed by atoms with E-state index in [0.717, 1.165) is 5.69 Å². The second kappa shape index (κ2) is 4.37. The van der Waals surface area contributed by atoms with Crippen molar-refractivity contribution in [2.24, 2.45) is 0 Å². The van der Waals surface area contributed by atoms with Crippen LogP contribution in [0.4, 0.5) is 0 Å². The van der Waals surface area contributed by atoms with Gasteiger partial charge in [-0.05, 0) is 40.2 Å². The Labute approximate surface area is 96.3 Å². The zero-order chi connectivity index (χ0) is 12.5. The Bertz CT molecular complexity index is 388. The molecule has 0 fully saturated rings. The van der Waals surface area contributed by atoms with Crippen molar-refractivity contribution in [2.45, 2.75) is 52.7 Å². The molecule has 1 aromatic heterocycles. The maximum atomic E-state index is 11.5. The van der Waals surface area contributed by atoms with Crippen LogP contribution in [0.3, 0.4) is 0 Å². The summed E-state index contributed by atoms with van der Waals surface area (Å²) in [6, 6.07) is 1.60. The molecule has 0 saturated heterocycles. The van der Waals surface area contributed by atoms with Crippen molar-refractivity contribution in [2.75, 3.05) is 0 Å². The van der Waals surface area contributed by atoms with Gasteiger partial charge in [0.15, 0.2) is 5.78 Å². The standard InChI is InChI=1S/C12H20N2O2/c1-6-10(9(3)15)14-8(2)7-11(13-14)12(4,5)16/h7,10,16H,6H2,1-5H3. The van der Waals surface area contributed by atoms with Crippen LogP contribution < -0.4 is 0 Å². The fraction of sp³-hybridized carbons (Fsp3) is 0.667. The monoisotopic (exact) mass is 224 g/mol. The summed E-state index contributed by atoms with van der Waals surface area (Å²) in [5.74, 6) is 0.0935. The van der Waals surface area contributed by atoms with Crippen LogP contribution in [0.25, 0.3) is 0 Å². The van der Waals surface area contributed by atoms with Gasteiger partial charge in [0, 0.05) is 5.69 Å². The van der Waals surface area contributed by atoms with E-state index in [9.17, 15) is 9.90 Å². The molecule has 16 heavy (non-hydrogen) atoms. The number of Topliss-reactive ketones (excluding diaryl/α,β-unsaturated/α-hetero) is 1. The van der Waals surface area contributed by atoms with Crippen LogP contribution in [0.5, 0.6) is 0 Å². The van der Waals surface area contributed by atoms with E-state index >= 15 is 0 Å². The van der Waals surface area contributed by atoms with Crippen molar-refractivity contribution in [3.05, 3.63) is 17.5 Å². The van der Waals surface area contributed by atoms with Crippen LogP contribution in [0.2, 0.25) is 0 Å². The molecule has 1 rings (SSSR count). The third kappa shape index (κ3) is 2.50. The second-order valence-corrected chi connectivity index (χ2v) is 4.71. The van der Waals surface area contributed by atoms with E-state index in [1.165, 1.54) is 0 Å². The molecule has 0 aromatic carbocycles. The highest BCUT2D eigenvalue weighted by molar-refractivity contribution is 5.79. The molecule has 0 aliphatic heterocycles. The van der Waals surface area contributed by atoms with Crippen LogP contribution >= 0.6 is 0 Å². The summed E-state index contributed by atoms with van der Waals surface area (Å²) in [5.41, 5.74) is 0.536. The van der Waals surface area contributed by atoms with Gasteiger partial charge >= 0.3 is 0 Å². The summed E-state index contributed by atoms with van der Waals surface area (Å²) in [7, 11) is 0. The van der Waals surface area contributed by atoms with Crippen LogP contribution in [0, 0.1) is 6.92 Å². The van der Waals surface area contributed by atoms with Crippen LogP contribution in [0.15, 0.2) is 6.07 Å². The molecule has 0 bridgehead atoms. The molecular formula is C12H20N2O2. The largest absolute Gasteiger partial charge is 0.384 e. The van der Waals surface area contributed by atoms with Crippen molar-refractivity contribution in [3.63, 3.8) is 0 Å². The van der Waals surface area contributed by atoms with E-state index in [1.54, 1.807) is 25.5 Å². The van der Waals surface area contributed by atoms with Gasteiger partial charge < -0.3 is 5.11 Å². The number of carbonyl (C=O) groups excluding carboxylic acids is 1. The Morgan fingerprint density at radius 1 is 1.62 bits per heavy atom. The van der Waals surface area contributed by atoms with Crippen LogP contribution in [0.1, 0.15) is 51.5 Å². The molecule has 0 spiro atoms. The van der Waals surface area contributed by atoms with Gasteiger partial charge in [0.1, 0.15) is 11.6 Å². The maximum Gasteiger partial charge on any atom is 0.154 e.